The molecule has 0 aliphatic heterocycles. The summed E-state index contributed by atoms with van der Waals surface area (Å²) in [6.07, 6.45) is 0. The SMILES string of the molecule is CC(=O)Nc1cc(N)ccc1N=Nc1ccc(S(=O)(=O)O)cc1. The quantitative estimate of drug-likeness (QED) is 0.449. The highest BCUT2D eigenvalue weighted by Crippen LogP contribution is 2.29. The normalized spacial score (nSPS) is 11.6. The molecule has 120 valence electrons. The maximum Gasteiger partial charge on any atom is 0.294 e. The van der Waals surface area contributed by atoms with Crippen molar-refractivity contribution in [2.24, 2.45) is 10.2 Å². The van der Waals surface area contributed by atoms with Crippen molar-refractivity contribution in [3.8, 4) is 0 Å². The number of nitrogens with two attached hydrogens (primary N) is 1. The monoisotopic (exact) mass is 334 g/mol. The van der Waals surface area contributed by atoms with Gasteiger partial charge in [0.05, 0.1) is 16.3 Å². The fourth-order valence-electron chi connectivity index (χ4n) is 1.73. The third-order valence-corrected chi connectivity index (χ3v) is 3.61. The van der Waals surface area contributed by atoms with E-state index in [2.05, 4.69) is 15.5 Å². The molecule has 0 heterocycles. The number of nitrogen functional groups attached to an aromatic ring is 1. The molecular weight excluding hydrogens is 320 g/mol. The number of anilines is 2. The van der Waals surface area contributed by atoms with Crippen LogP contribution in [0.15, 0.2) is 57.6 Å². The van der Waals surface area contributed by atoms with Gasteiger partial charge in [-0.05, 0) is 42.5 Å². The maximum atomic E-state index is 11.2. The molecule has 0 radical (unpaired) electrons. The molecule has 23 heavy (non-hydrogen) atoms. The van der Waals surface area contributed by atoms with Crippen LogP contribution >= 0.6 is 0 Å². The van der Waals surface area contributed by atoms with Crippen molar-refractivity contribution in [1.29, 1.82) is 0 Å². The lowest BCUT2D eigenvalue weighted by Crippen LogP contribution is -2.06. The predicted molar refractivity (Wildman–Crippen MR) is 85.6 cm³/mol. The van der Waals surface area contributed by atoms with Crippen molar-refractivity contribution in [2.75, 3.05) is 11.1 Å². The fourth-order valence-corrected chi connectivity index (χ4v) is 2.21. The molecule has 0 aliphatic carbocycles. The Kier molecular flexibility index (Phi) is 4.72. The maximum absolute atomic E-state index is 11.2. The zero-order valence-electron chi connectivity index (χ0n) is 12.1. The highest BCUT2D eigenvalue weighted by molar-refractivity contribution is 7.85. The molecular formula is C14H14N4O4S. The number of hydrogen-bond donors (Lipinski definition) is 3. The highest BCUT2D eigenvalue weighted by Gasteiger charge is 2.08. The number of rotatable bonds is 4. The molecule has 0 saturated carbocycles. The van der Waals surface area contributed by atoms with Gasteiger partial charge in [0.1, 0.15) is 5.69 Å². The first kappa shape index (κ1) is 16.6. The van der Waals surface area contributed by atoms with E-state index in [1.54, 1.807) is 18.2 Å². The molecule has 0 spiro atoms. The molecule has 2 rings (SSSR count). The molecule has 4 N–H and O–H groups in total. The van der Waals surface area contributed by atoms with E-state index < -0.39 is 10.1 Å². The number of benzene rings is 2. The molecule has 0 aromatic heterocycles. The third-order valence-electron chi connectivity index (χ3n) is 2.74. The summed E-state index contributed by atoms with van der Waals surface area (Å²) in [5, 5.41) is 10.6. The molecule has 0 bridgehead atoms. The molecule has 2 aromatic rings. The van der Waals surface area contributed by atoms with Crippen LogP contribution in [0.25, 0.3) is 0 Å². The summed E-state index contributed by atoms with van der Waals surface area (Å²) in [4.78, 5) is 10.9. The summed E-state index contributed by atoms with van der Waals surface area (Å²) < 4.78 is 30.8. The molecule has 0 aliphatic rings. The predicted octanol–water partition coefficient (Wildman–Crippen LogP) is 2.89. The topological polar surface area (TPSA) is 134 Å². The molecule has 0 atom stereocenters. The first-order valence-corrected chi connectivity index (χ1v) is 7.86. The van der Waals surface area contributed by atoms with Crippen molar-refractivity contribution in [3.63, 3.8) is 0 Å². The van der Waals surface area contributed by atoms with Crippen molar-refractivity contribution in [2.45, 2.75) is 11.8 Å². The van der Waals surface area contributed by atoms with Gasteiger partial charge in [0.15, 0.2) is 0 Å². The molecule has 0 saturated heterocycles. The number of hydrogen-bond acceptors (Lipinski definition) is 6. The van der Waals surface area contributed by atoms with Crippen LogP contribution < -0.4 is 11.1 Å². The standard InChI is InChI=1S/C14H14N4O4S/c1-9(19)16-14-8-10(15)2-7-13(14)18-17-11-3-5-12(6-4-11)23(20,21)22/h2-8H,15H2,1H3,(H,16,19)(H,20,21,22). The zero-order valence-corrected chi connectivity index (χ0v) is 12.9. The molecule has 2 aromatic carbocycles. The Morgan fingerprint density at radius 1 is 1.13 bits per heavy atom. The van der Waals surface area contributed by atoms with E-state index in [1.165, 1.54) is 31.2 Å². The Labute approximate surface area is 132 Å². The van der Waals surface area contributed by atoms with Crippen LogP contribution in [-0.2, 0) is 14.9 Å². The van der Waals surface area contributed by atoms with Crippen molar-refractivity contribution >= 4 is 38.8 Å². The highest BCUT2D eigenvalue weighted by atomic mass is 32.2. The second kappa shape index (κ2) is 6.55. The van der Waals surface area contributed by atoms with Crippen LogP contribution in [0.5, 0.6) is 0 Å². The van der Waals surface area contributed by atoms with Gasteiger partial charge in [-0.2, -0.15) is 13.5 Å². The number of nitrogens with one attached hydrogen (secondary N) is 1. The summed E-state index contributed by atoms with van der Waals surface area (Å²) in [6, 6.07) is 9.96. The second-order valence-electron chi connectivity index (χ2n) is 4.63. The Balaban J connectivity index is 2.28. The molecule has 9 heteroatoms. The van der Waals surface area contributed by atoms with E-state index in [4.69, 9.17) is 10.3 Å². The second-order valence-corrected chi connectivity index (χ2v) is 6.05. The lowest BCUT2D eigenvalue weighted by Gasteiger charge is -2.06. The molecule has 0 unspecified atom stereocenters. The summed E-state index contributed by atoms with van der Waals surface area (Å²) in [5.41, 5.74) is 7.31. The number of carbonyl (C=O) groups is 1. The third kappa shape index (κ3) is 4.59. The first-order chi connectivity index (χ1) is 10.8. The number of nitrogens with zero attached hydrogens (tertiary/aromatic N) is 2. The van der Waals surface area contributed by atoms with Crippen molar-refractivity contribution in [1.82, 2.24) is 0 Å². The molecule has 0 fully saturated rings. The summed E-state index contributed by atoms with van der Waals surface area (Å²) >= 11 is 0. The van der Waals surface area contributed by atoms with Crippen molar-refractivity contribution in [3.05, 3.63) is 42.5 Å². The van der Waals surface area contributed by atoms with Crippen LogP contribution in [-0.4, -0.2) is 18.9 Å². The van der Waals surface area contributed by atoms with Crippen LogP contribution in [0.1, 0.15) is 6.92 Å². The van der Waals surface area contributed by atoms with Crippen LogP contribution in [0.3, 0.4) is 0 Å². The minimum atomic E-state index is -4.25. The van der Waals surface area contributed by atoms with E-state index in [0.717, 1.165) is 0 Å². The van der Waals surface area contributed by atoms with Gasteiger partial charge in [-0.25, -0.2) is 0 Å². The Morgan fingerprint density at radius 3 is 2.35 bits per heavy atom. The van der Waals surface area contributed by atoms with Crippen molar-refractivity contribution < 1.29 is 17.8 Å². The minimum absolute atomic E-state index is 0.233. The van der Waals surface area contributed by atoms with E-state index in [0.29, 0.717) is 22.7 Å². The van der Waals surface area contributed by atoms with Crippen LogP contribution in [0, 0.1) is 0 Å². The summed E-state index contributed by atoms with van der Waals surface area (Å²) in [5.74, 6) is -0.274. The van der Waals surface area contributed by atoms with Crippen LogP contribution in [0.4, 0.5) is 22.7 Å². The van der Waals surface area contributed by atoms with Gasteiger partial charge in [-0.3, -0.25) is 9.35 Å². The zero-order chi connectivity index (χ0) is 17.0. The Morgan fingerprint density at radius 2 is 1.78 bits per heavy atom. The lowest BCUT2D eigenvalue weighted by atomic mass is 10.2. The Hall–Kier alpha value is -2.78. The summed E-state index contributed by atoms with van der Waals surface area (Å²) in [7, 11) is -4.25. The lowest BCUT2D eigenvalue weighted by molar-refractivity contribution is -0.114. The molecule has 1 amide bonds. The number of carbonyl (C=O) groups excluding carboxylic acids is 1. The van der Waals surface area contributed by atoms with E-state index >= 15 is 0 Å². The smallest absolute Gasteiger partial charge is 0.294 e. The Bertz CT molecular complexity index is 861. The van der Waals surface area contributed by atoms with Gasteiger partial charge in [0.2, 0.25) is 5.91 Å². The van der Waals surface area contributed by atoms with Gasteiger partial charge in [0, 0.05) is 12.6 Å². The van der Waals surface area contributed by atoms with Crippen LogP contribution in [0.2, 0.25) is 0 Å². The van der Waals surface area contributed by atoms with E-state index in [1.807, 2.05) is 0 Å². The summed E-state index contributed by atoms with van der Waals surface area (Å²) in [6.45, 7) is 1.36. The van der Waals surface area contributed by atoms with Gasteiger partial charge in [0.25, 0.3) is 10.1 Å². The number of amides is 1. The van der Waals surface area contributed by atoms with Gasteiger partial charge < -0.3 is 11.1 Å². The average Bonchev–Trinajstić information content (AvgIpc) is 2.45. The average molecular weight is 334 g/mol. The van der Waals surface area contributed by atoms with E-state index in [-0.39, 0.29) is 10.8 Å². The first-order valence-electron chi connectivity index (χ1n) is 6.42. The van der Waals surface area contributed by atoms with Gasteiger partial charge in [-0.15, -0.1) is 5.11 Å². The van der Waals surface area contributed by atoms with Gasteiger partial charge in [-0.1, -0.05) is 0 Å². The number of azo groups is 1. The minimum Gasteiger partial charge on any atom is -0.399 e. The van der Waals surface area contributed by atoms with E-state index in [9.17, 15) is 13.2 Å². The largest absolute Gasteiger partial charge is 0.399 e. The van der Waals surface area contributed by atoms with Gasteiger partial charge >= 0.3 is 0 Å². The fraction of sp³-hybridized carbons (Fsp3) is 0.0714. The molecule has 8 nitrogen and oxygen atoms in total.